The van der Waals surface area contributed by atoms with Gasteiger partial charge in [0, 0.05) is 11.0 Å². The molecule has 3 N–H and O–H groups in total. The zero-order chi connectivity index (χ0) is 14.8. The summed E-state index contributed by atoms with van der Waals surface area (Å²) in [6.07, 6.45) is 5.06. The van der Waals surface area contributed by atoms with Crippen LogP contribution in [0.2, 0.25) is 0 Å². The van der Waals surface area contributed by atoms with Crippen LogP contribution in [0, 0.1) is 11.2 Å². The van der Waals surface area contributed by atoms with Gasteiger partial charge in [0.25, 0.3) is 0 Å². The molecule has 20 heavy (non-hydrogen) atoms. The topological polar surface area (TPSA) is 55.1 Å². The predicted octanol–water partition coefficient (Wildman–Crippen LogP) is 3.37. The standard InChI is InChI=1S/C15H19FN2OS/c1-15(7-3-2-4-8-15)14(19)18-12-6-5-10(16)9-11(12)13(17)20/h5-6,9H,2-4,7-8H2,1H3,(H2,17,20)(H,18,19). The van der Waals surface area contributed by atoms with Gasteiger partial charge in [0.15, 0.2) is 0 Å². The first-order valence-electron chi connectivity index (χ1n) is 6.83. The molecule has 1 fully saturated rings. The van der Waals surface area contributed by atoms with E-state index in [1.807, 2.05) is 6.92 Å². The van der Waals surface area contributed by atoms with Crippen LogP contribution in [0.5, 0.6) is 0 Å². The number of carbonyl (C=O) groups excluding carboxylic acids is 1. The monoisotopic (exact) mass is 294 g/mol. The van der Waals surface area contributed by atoms with Crippen LogP contribution in [0.25, 0.3) is 0 Å². The van der Waals surface area contributed by atoms with Gasteiger partial charge in [-0.1, -0.05) is 38.4 Å². The number of hydrogen-bond acceptors (Lipinski definition) is 2. The molecule has 0 bridgehead atoms. The van der Waals surface area contributed by atoms with E-state index in [0.717, 1.165) is 25.7 Å². The number of hydrogen-bond donors (Lipinski definition) is 2. The van der Waals surface area contributed by atoms with Gasteiger partial charge in [-0.2, -0.15) is 0 Å². The largest absolute Gasteiger partial charge is 0.389 e. The van der Waals surface area contributed by atoms with E-state index in [9.17, 15) is 9.18 Å². The highest BCUT2D eigenvalue weighted by Gasteiger charge is 2.34. The number of rotatable bonds is 3. The van der Waals surface area contributed by atoms with E-state index in [1.54, 1.807) is 0 Å². The lowest BCUT2D eigenvalue weighted by Gasteiger charge is -2.32. The highest BCUT2D eigenvalue weighted by molar-refractivity contribution is 7.80. The third-order valence-corrected chi connectivity index (χ3v) is 4.22. The van der Waals surface area contributed by atoms with E-state index < -0.39 is 5.82 Å². The summed E-state index contributed by atoms with van der Waals surface area (Å²) in [5, 5.41) is 2.86. The minimum Gasteiger partial charge on any atom is -0.389 e. The van der Waals surface area contributed by atoms with Crippen molar-refractivity contribution in [2.24, 2.45) is 11.1 Å². The number of amides is 1. The average Bonchev–Trinajstić information content (AvgIpc) is 2.41. The van der Waals surface area contributed by atoms with Crippen molar-refractivity contribution in [3.05, 3.63) is 29.6 Å². The normalized spacial score (nSPS) is 17.5. The summed E-state index contributed by atoms with van der Waals surface area (Å²) >= 11 is 4.91. The molecule has 1 amide bonds. The van der Waals surface area contributed by atoms with Crippen molar-refractivity contribution in [1.29, 1.82) is 0 Å². The molecule has 0 saturated heterocycles. The maximum absolute atomic E-state index is 13.2. The van der Waals surface area contributed by atoms with Gasteiger partial charge in [0.1, 0.15) is 10.8 Å². The summed E-state index contributed by atoms with van der Waals surface area (Å²) < 4.78 is 13.2. The van der Waals surface area contributed by atoms with Gasteiger partial charge in [0.05, 0.1) is 5.69 Å². The van der Waals surface area contributed by atoms with Crippen LogP contribution in [0.15, 0.2) is 18.2 Å². The van der Waals surface area contributed by atoms with E-state index in [4.69, 9.17) is 18.0 Å². The molecule has 0 atom stereocenters. The Morgan fingerprint density at radius 2 is 2.00 bits per heavy atom. The number of halogens is 1. The van der Waals surface area contributed by atoms with Crippen LogP contribution in [0.1, 0.15) is 44.6 Å². The van der Waals surface area contributed by atoms with Crippen LogP contribution in [0.4, 0.5) is 10.1 Å². The number of anilines is 1. The second kappa shape index (κ2) is 5.87. The molecule has 108 valence electrons. The number of thiocarbonyl (C=S) groups is 1. The van der Waals surface area contributed by atoms with E-state index in [-0.39, 0.29) is 16.3 Å². The van der Waals surface area contributed by atoms with Gasteiger partial charge in [-0.15, -0.1) is 0 Å². The van der Waals surface area contributed by atoms with Crippen LogP contribution in [-0.4, -0.2) is 10.9 Å². The number of benzene rings is 1. The fraction of sp³-hybridized carbons (Fsp3) is 0.467. The smallest absolute Gasteiger partial charge is 0.230 e. The second-order valence-electron chi connectivity index (χ2n) is 5.63. The second-order valence-corrected chi connectivity index (χ2v) is 6.07. The van der Waals surface area contributed by atoms with Crippen molar-refractivity contribution < 1.29 is 9.18 Å². The summed E-state index contributed by atoms with van der Waals surface area (Å²) in [5.41, 5.74) is 6.07. The Kier molecular flexibility index (Phi) is 4.38. The quantitative estimate of drug-likeness (QED) is 0.840. The molecule has 2 rings (SSSR count). The molecule has 0 unspecified atom stereocenters. The lowest BCUT2D eigenvalue weighted by atomic mass is 9.75. The van der Waals surface area contributed by atoms with Crippen molar-refractivity contribution >= 4 is 28.8 Å². The van der Waals surface area contributed by atoms with Crippen molar-refractivity contribution in [3.8, 4) is 0 Å². The van der Waals surface area contributed by atoms with Gasteiger partial charge < -0.3 is 11.1 Å². The van der Waals surface area contributed by atoms with E-state index in [1.165, 1.54) is 24.6 Å². The molecule has 1 saturated carbocycles. The molecule has 0 aromatic heterocycles. The third kappa shape index (κ3) is 3.15. The zero-order valence-electron chi connectivity index (χ0n) is 11.5. The highest BCUT2D eigenvalue weighted by Crippen LogP contribution is 2.37. The summed E-state index contributed by atoms with van der Waals surface area (Å²) in [6.45, 7) is 1.98. The molecule has 0 heterocycles. The molecular formula is C15H19FN2OS. The molecule has 5 heteroatoms. The van der Waals surface area contributed by atoms with E-state index in [2.05, 4.69) is 5.32 Å². The van der Waals surface area contributed by atoms with Crippen LogP contribution >= 0.6 is 12.2 Å². The van der Waals surface area contributed by atoms with Gasteiger partial charge in [-0.25, -0.2) is 4.39 Å². The van der Waals surface area contributed by atoms with Crippen LogP contribution in [0.3, 0.4) is 0 Å². The van der Waals surface area contributed by atoms with E-state index >= 15 is 0 Å². The summed E-state index contributed by atoms with van der Waals surface area (Å²) in [5.74, 6) is -0.462. The fourth-order valence-corrected chi connectivity index (χ4v) is 2.83. The maximum atomic E-state index is 13.2. The van der Waals surface area contributed by atoms with Crippen molar-refractivity contribution in [2.45, 2.75) is 39.0 Å². The molecule has 1 aromatic rings. The van der Waals surface area contributed by atoms with Gasteiger partial charge in [-0.3, -0.25) is 4.79 Å². The average molecular weight is 294 g/mol. The minimum absolute atomic E-state index is 0.0405. The van der Waals surface area contributed by atoms with Crippen molar-refractivity contribution in [1.82, 2.24) is 0 Å². The third-order valence-electron chi connectivity index (χ3n) is 4.00. The van der Waals surface area contributed by atoms with Crippen molar-refractivity contribution in [2.75, 3.05) is 5.32 Å². The summed E-state index contributed by atoms with van der Waals surface area (Å²) in [6, 6.07) is 4.05. The lowest BCUT2D eigenvalue weighted by Crippen LogP contribution is -2.35. The van der Waals surface area contributed by atoms with Gasteiger partial charge in [-0.05, 0) is 31.0 Å². The molecule has 1 aromatic carbocycles. The SMILES string of the molecule is CC1(C(=O)Nc2ccc(F)cc2C(N)=S)CCCCC1. The van der Waals surface area contributed by atoms with Gasteiger partial charge >= 0.3 is 0 Å². The van der Waals surface area contributed by atoms with E-state index in [0.29, 0.717) is 11.3 Å². The number of nitrogens with two attached hydrogens (primary N) is 1. The molecule has 0 spiro atoms. The number of nitrogens with one attached hydrogen (secondary N) is 1. The first-order chi connectivity index (χ1) is 9.42. The Balaban J connectivity index is 2.21. The maximum Gasteiger partial charge on any atom is 0.230 e. The zero-order valence-corrected chi connectivity index (χ0v) is 12.4. The first kappa shape index (κ1) is 14.9. The Bertz CT molecular complexity index is 539. The Labute approximate surface area is 123 Å². The summed E-state index contributed by atoms with van der Waals surface area (Å²) in [7, 11) is 0. The lowest BCUT2D eigenvalue weighted by molar-refractivity contribution is -0.126. The fourth-order valence-electron chi connectivity index (χ4n) is 2.66. The number of carbonyl (C=O) groups is 1. The molecule has 1 aliphatic rings. The predicted molar refractivity (Wildman–Crippen MR) is 82.1 cm³/mol. The molecule has 1 aliphatic carbocycles. The molecule has 0 aliphatic heterocycles. The highest BCUT2D eigenvalue weighted by atomic mass is 32.1. The molecule has 0 radical (unpaired) electrons. The molecule has 3 nitrogen and oxygen atoms in total. The molecular weight excluding hydrogens is 275 g/mol. The Hall–Kier alpha value is -1.49. The summed E-state index contributed by atoms with van der Waals surface area (Å²) in [4.78, 5) is 12.5. The van der Waals surface area contributed by atoms with Crippen LogP contribution < -0.4 is 11.1 Å². The Morgan fingerprint density at radius 3 is 2.60 bits per heavy atom. The first-order valence-corrected chi connectivity index (χ1v) is 7.24. The Morgan fingerprint density at radius 1 is 1.35 bits per heavy atom. The van der Waals surface area contributed by atoms with Gasteiger partial charge in [0.2, 0.25) is 5.91 Å². The van der Waals surface area contributed by atoms with Crippen molar-refractivity contribution in [3.63, 3.8) is 0 Å². The van der Waals surface area contributed by atoms with Crippen LogP contribution in [-0.2, 0) is 4.79 Å². The minimum atomic E-state index is -0.422.